The Morgan fingerprint density at radius 1 is 1.19 bits per heavy atom. The minimum atomic E-state index is 0.155. The molecule has 1 fully saturated rings. The van der Waals surface area contributed by atoms with Gasteiger partial charge in [0.05, 0.1) is 17.3 Å². The van der Waals surface area contributed by atoms with Gasteiger partial charge in [-0.1, -0.05) is 23.2 Å². The van der Waals surface area contributed by atoms with Gasteiger partial charge < -0.3 is 9.47 Å². The van der Waals surface area contributed by atoms with Crippen molar-refractivity contribution in [3.05, 3.63) is 46.0 Å². The minimum absolute atomic E-state index is 0.155. The Morgan fingerprint density at radius 2 is 2.00 bits per heavy atom. The summed E-state index contributed by atoms with van der Waals surface area (Å²) in [4.78, 5) is 22.3. The molecule has 27 heavy (non-hydrogen) atoms. The third-order valence-corrected chi connectivity index (χ3v) is 6.66. The second-order valence-corrected chi connectivity index (χ2v) is 8.62. The first-order valence-electron chi connectivity index (χ1n) is 8.99. The van der Waals surface area contributed by atoms with E-state index in [9.17, 15) is 4.79 Å². The van der Waals surface area contributed by atoms with Crippen molar-refractivity contribution in [3.63, 3.8) is 0 Å². The Balaban J connectivity index is 1.52. The topological polar surface area (TPSA) is 41.4 Å². The molecular weight excluding hydrogens is 403 g/mol. The molecule has 0 unspecified atom stereocenters. The van der Waals surface area contributed by atoms with Crippen molar-refractivity contribution in [1.82, 2.24) is 19.4 Å². The molecule has 1 aliphatic rings. The Hall–Kier alpha value is -1.21. The largest absolute Gasteiger partial charge is 0.341 e. The van der Waals surface area contributed by atoms with Crippen molar-refractivity contribution in [2.75, 3.05) is 31.9 Å². The van der Waals surface area contributed by atoms with Gasteiger partial charge in [-0.05, 0) is 31.0 Å². The van der Waals surface area contributed by atoms with Crippen molar-refractivity contribution in [1.29, 1.82) is 0 Å². The minimum Gasteiger partial charge on any atom is -0.341 e. The molecule has 1 saturated heterocycles. The van der Waals surface area contributed by atoms with Crippen LogP contribution >= 0.6 is 35.0 Å². The molecule has 146 valence electrons. The quantitative estimate of drug-likeness (QED) is 0.680. The predicted molar refractivity (Wildman–Crippen MR) is 112 cm³/mol. The zero-order valence-electron chi connectivity index (χ0n) is 15.6. The van der Waals surface area contributed by atoms with Crippen LogP contribution < -0.4 is 0 Å². The van der Waals surface area contributed by atoms with E-state index in [1.54, 1.807) is 6.07 Å². The lowest BCUT2D eigenvalue weighted by atomic mass is 10.2. The van der Waals surface area contributed by atoms with Crippen LogP contribution in [-0.4, -0.2) is 57.2 Å². The summed E-state index contributed by atoms with van der Waals surface area (Å²) in [5, 5.41) is 1.25. The average Bonchev–Trinajstić information content (AvgIpc) is 2.89. The van der Waals surface area contributed by atoms with E-state index in [1.165, 1.54) is 11.8 Å². The molecular formula is C19H24Cl2N4OS. The van der Waals surface area contributed by atoms with Crippen LogP contribution in [0.15, 0.2) is 29.4 Å². The molecule has 1 aromatic carbocycles. The zero-order valence-corrected chi connectivity index (χ0v) is 17.9. The molecule has 5 nitrogen and oxygen atoms in total. The number of nitrogens with zero attached hydrogens (tertiary/aromatic N) is 4. The van der Waals surface area contributed by atoms with Gasteiger partial charge in [0.15, 0.2) is 0 Å². The maximum Gasteiger partial charge on any atom is 0.232 e. The fourth-order valence-electron chi connectivity index (χ4n) is 3.10. The monoisotopic (exact) mass is 426 g/mol. The Bertz CT molecular complexity index is 811. The van der Waals surface area contributed by atoms with Crippen LogP contribution in [0, 0.1) is 6.92 Å². The van der Waals surface area contributed by atoms with Crippen molar-refractivity contribution in [3.8, 4) is 0 Å². The number of imidazole rings is 1. The summed E-state index contributed by atoms with van der Waals surface area (Å²) in [6.07, 6.45) is 4.76. The van der Waals surface area contributed by atoms with Gasteiger partial charge in [-0.25, -0.2) is 4.98 Å². The Morgan fingerprint density at radius 3 is 2.74 bits per heavy atom. The molecule has 8 heteroatoms. The van der Waals surface area contributed by atoms with E-state index in [4.69, 9.17) is 23.2 Å². The molecule has 0 N–H and O–H groups in total. The molecule has 0 aliphatic carbocycles. The number of aryl methyl sites for hydroxylation is 2. The number of aromatic nitrogens is 2. The van der Waals surface area contributed by atoms with Crippen LogP contribution in [0.3, 0.4) is 0 Å². The lowest BCUT2D eigenvalue weighted by Crippen LogP contribution is -2.36. The maximum absolute atomic E-state index is 12.7. The van der Waals surface area contributed by atoms with Gasteiger partial charge in [-0.15, -0.1) is 11.8 Å². The number of hydrogen-bond acceptors (Lipinski definition) is 4. The van der Waals surface area contributed by atoms with E-state index in [0.717, 1.165) is 55.4 Å². The first kappa shape index (κ1) is 20.5. The number of carbonyl (C=O) groups is 1. The van der Waals surface area contributed by atoms with E-state index in [1.807, 2.05) is 41.9 Å². The zero-order chi connectivity index (χ0) is 19.4. The van der Waals surface area contributed by atoms with Gasteiger partial charge in [-0.3, -0.25) is 9.69 Å². The Kier molecular flexibility index (Phi) is 7.09. The molecule has 1 amide bonds. The fraction of sp³-hybridized carbons (Fsp3) is 0.474. The Labute approximate surface area is 174 Å². The second-order valence-electron chi connectivity index (χ2n) is 6.79. The summed E-state index contributed by atoms with van der Waals surface area (Å²) < 4.78 is 2.04. The molecule has 0 atom stereocenters. The summed E-state index contributed by atoms with van der Waals surface area (Å²) in [5.41, 5.74) is 0.968. The fourth-order valence-corrected chi connectivity index (χ4v) is 4.56. The predicted octanol–water partition coefficient (Wildman–Crippen LogP) is 3.86. The SMILES string of the molecule is Cc1cc(SCC(=O)N2CCCN(Cc3nccn3C)CC2)c(Cl)cc1Cl. The maximum atomic E-state index is 12.7. The molecule has 2 aromatic rings. The van der Waals surface area contributed by atoms with Crippen molar-refractivity contribution in [2.45, 2.75) is 24.8 Å². The van der Waals surface area contributed by atoms with Gasteiger partial charge in [-0.2, -0.15) is 0 Å². The van der Waals surface area contributed by atoms with Crippen LogP contribution in [-0.2, 0) is 18.4 Å². The lowest BCUT2D eigenvalue weighted by molar-refractivity contribution is -0.128. The highest BCUT2D eigenvalue weighted by Crippen LogP contribution is 2.32. The lowest BCUT2D eigenvalue weighted by Gasteiger charge is -2.22. The summed E-state index contributed by atoms with van der Waals surface area (Å²) in [5.74, 6) is 1.60. The first-order valence-corrected chi connectivity index (χ1v) is 10.7. The highest BCUT2D eigenvalue weighted by atomic mass is 35.5. The number of rotatable bonds is 5. The van der Waals surface area contributed by atoms with Crippen LogP contribution in [0.2, 0.25) is 10.0 Å². The number of halogens is 2. The van der Waals surface area contributed by atoms with E-state index in [2.05, 4.69) is 9.88 Å². The van der Waals surface area contributed by atoms with Crippen LogP contribution in [0.25, 0.3) is 0 Å². The van der Waals surface area contributed by atoms with Gasteiger partial charge in [0.2, 0.25) is 5.91 Å². The third-order valence-electron chi connectivity index (χ3n) is 4.79. The van der Waals surface area contributed by atoms with Gasteiger partial charge >= 0.3 is 0 Å². The normalized spacial score (nSPS) is 15.8. The smallest absolute Gasteiger partial charge is 0.232 e. The number of carbonyl (C=O) groups excluding carboxylic acids is 1. The van der Waals surface area contributed by atoms with E-state index in [-0.39, 0.29) is 5.91 Å². The standard InChI is InChI=1S/C19H24Cl2N4OS/c1-14-10-17(16(21)11-15(14)20)27-13-19(26)25-6-3-5-24(8-9-25)12-18-22-4-7-23(18)2/h4,7,10-11H,3,5-6,8-9,12-13H2,1-2H3. The summed E-state index contributed by atoms with van der Waals surface area (Å²) in [6.45, 7) is 6.15. The molecule has 0 saturated carbocycles. The van der Waals surface area contributed by atoms with Crippen LogP contribution in [0.4, 0.5) is 0 Å². The highest BCUT2D eigenvalue weighted by molar-refractivity contribution is 8.00. The summed E-state index contributed by atoms with van der Waals surface area (Å²) in [6, 6.07) is 3.69. The van der Waals surface area contributed by atoms with E-state index >= 15 is 0 Å². The molecule has 0 radical (unpaired) electrons. The summed E-state index contributed by atoms with van der Waals surface area (Å²) in [7, 11) is 2.01. The second kappa shape index (κ2) is 9.32. The molecule has 0 bridgehead atoms. The summed E-state index contributed by atoms with van der Waals surface area (Å²) >= 11 is 13.8. The highest BCUT2D eigenvalue weighted by Gasteiger charge is 2.20. The number of amides is 1. The van der Waals surface area contributed by atoms with Crippen molar-refractivity contribution in [2.24, 2.45) is 7.05 Å². The van der Waals surface area contributed by atoms with Crippen LogP contribution in [0.5, 0.6) is 0 Å². The number of hydrogen-bond donors (Lipinski definition) is 0. The van der Waals surface area contributed by atoms with Gasteiger partial charge in [0.25, 0.3) is 0 Å². The van der Waals surface area contributed by atoms with E-state index in [0.29, 0.717) is 15.8 Å². The van der Waals surface area contributed by atoms with Crippen molar-refractivity contribution >= 4 is 40.9 Å². The molecule has 0 spiro atoms. The van der Waals surface area contributed by atoms with Gasteiger partial charge in [0, 0.05) is 55.5 Å². The molecule has 2 heterocycles. The van der Waals surface area contributed by atoms with E-state index < -0.39 is 0 Å². The molecule has 3 rings (SSSR count). The third kappa shape index (κ3) is 5.41. The first-order chi connectivity index (χ1) is 12.9. The number of thioether (sulfide) groups is 1. The molecule has 1 aliphatic heterocycles. The average molecular weight is 427 g/mol. The van der Waals surface area contributed by atoms with Crippen molar-refractivity contribution < 1.29 is 4.79 Å². The molecule has 1 aromatic heterocycles. The van der Waals surface area contributed by atoms with Crippen LogP contribution in [0.1, 0.15) is 17.8 Å². The number of benzene rings is 1. The van der Waals surface area contributed by atoms with Gasteiger partial charge in [0.1, 0.15) is 5.82 Å².